The van der Waals surface area contributed by atoms with Gasteiger partial charge in [-0.2, -0.15) is 0 Å². The Labute approximate surface area is 147 Å². The number of piperidine rings is 1. The first-order valence-electron chi connectivity index (χ1n) is 8.76. The van der Waals surface area contributed by atoms with Crippen LogP contribution >= 0.6 is 0 Å². The number of aliphatic carboxylic acids is 1. The van der Waals surface area contributed by atoms with Gasteiger partial charge in [0.15, 0.2) is 0 Å². The van der Waals surface area contributed by atoms with E-state index >= 15 is 0 Å². The third-order valence-electron chi connectivity index (χ3n) is 5.20. The lowest BCUT2D eigenvalue weighted by atomic mass is 9.96. The summed E-state index contributed by atoms with van der Waals surface area (Å²) in [6.45, 7) is 5.17. The van der Waals surface area contributed by atoms with Crippen LogP contribution in [0.5, 0.6) is 0 Å². The quantitative estimate of drug-likeness (QED) is 0.909. The molecule has 2 amide bonds. The number of aryl methyl sites for hydroxylation is 2. The first kappa shape index (κ1) is 17.5. The molecular weight excluding hydrogens is 320 g/mol. The number of anilines is 1. The topological polar surface area (TPSA) is 77.9 Å². The highest BCUT2D eigenvalue weighted by Crippen LogP contribution is 2.30. The van der Waals surface area contributed by atoms with E-state index in [-0.39, 0.29) is 30.7 Å². The lowest BCUT2D eigenvalue weighted by molar-refractivity contribution is -0.146. The number of carbonyl (C=O) groups is 3. The van der Waals surface area contributed by atoms with Gasteiger partial charge >= 0.3 is 5.97 Å². The maximum absolute atomic E-state index is 12.8. The highest BCUT2D eigenvalue weighted by atomic mass is 16.4. The van der Waals surface area contributed by atoms with Crippen LogP contribution in [0.25, 0.3) is 0 Å². The van der Waals surface area contributed by atoms with Crippen LogP contribution < -0.4 is 4.90 Å². The van der Waals surface area contributed by atoms with Gasteiger partial charge in [-0.15, -0.1) is 0 Å². The fourth-order valence-corrected chi connectivity index (χ4v) is 3.85. The van der Waals surface area contributed by atoms with Gasteiger partial charge in [0.2, 0.25) is 11.8 Å². The minimum atomic E-state index is -0.850. The van der Waals surface area contributed by atoms with Crippen LogP contribution in [-0.4, -0.2) is 47.4 Å². The molecule has 2 fully saturated rings. The minimum absolute atomic E-state index is 0.0444. The Morgan fingerprint density at radius 3 is 2.60 bits per heavy atom. The summed E-state index contributed by atoms with van der Waals surface area (Å²) in [4.78, 5) is 39.7. The highest BCUT2D eigenvalue weighted by molar-refractivity contribution is 6.00. The number of carboxylic acid groups (broad SMARTS) is 1. The van der Waals surface area contributed by atoms with Crippen molar-refractivity contribution in [1.29, 1.82) is 0 Å². The summed E-state index contributed by atoms with van der Waals surface area (Å²) in [5.74, 6) is -1.87. The molecule has 0 radical (unpaired) electrons. The fourth-order valence-electron chi connectivity index (χ4n) is 3.85. The zero-order chi connectivity index (χ0) is 18.1. The van der Waals surface area contributed by atoms with Crippen LogP contribution in [-0.2, 0) is 14.4 Å². The van der Waals surface area contributed by atoms with E-state index in [9.17, 15) is 19.5 Å². The Morgan fingerprint density at radius 1 is 1.16 bits per heavy atom. The summed E-state index contributed by atoms with van der Waals surface area (Å²) < 4.78 is 0. The monoisotopic (exact) mass is 344 g/mol. The van der Waals surface area contributed by atoms with Gasteiger partial charge in [0.25, 0.3) is 0 Å². The van der Waals surface area contributed by atoms with Crippen molar-refractivity contribution < 1.29 is 19.5 Å². The fraction of sp³-hybridized carbons (Fsp3) is 0.526. The van der Waals surface area contributed by atoms with E-state index in [4.69, 9.17) is 0 Å². The number of nitrogens with zero attached hydrogens (tertiary/aromatic N) is 2. The Hall–Kier alpha value is -2.37. The number of amides is 2. The summed E-state index contributed by atoms with van der Waals surface area (Å²) in [5.41, 5.74) is 3.01. The van der Waals surface area contributed by atoms with Crippen LogP contribution in [0.15, 0.2) is 18.2 Å². The molecule has 6 heteroatoms. The standard InChI is InChI=1S/C19H24N2O4/c1-12-5-6-16(13(2)8-12)21-11-15(9-17(21)22)18(23)20-7-3-4-14(10-20)19(24)25/h5-6,8,14-15H,3-4,7,9-11H2,1-2H3,(H,24,25)/t14-,15+/m1/s1. The van der Waals surface area contributed by atoms with E-state index in [1.54, 1.807) is 9.80 Å². The molecule has 1 N–H and O–H groups in total. The van der Waals surface area contributed by atoms with Gasteiger partial charge in [0.05, 0.1) is 11.8 Å². The normalized spacial score (nSPS) is 23.8. The van der Waals surface area contributed by atoms with Gasteiger partial charge < -0.3 is 14.9 Å². The van der Waals surface area contributed by atoms with Crippen LogP contribution in [0.1, 0.15) is 30.4 Å². The summed E-state index contributed by atoms with van der Waals surface area (Å²) in [5, 5.41) is 9.19. The Balaban J connectivity index is 1.71. The number of hydrogen-bond acceptors (Lipinski definition) is 3. The second-order valence-corrected chi connectivity index (χ2v) is 7.16. The van der Waals surface area contributed by atoms with Crippen molar-refractivity contribution in [3.63, 3.8) is 0 Å². The molecule has 1 aromatic rings. The average Bonchev–Trinajstić information content (AvgIpc) is 2.96. The van der Waals surface area contributed by atoms with Crippen molar-refractivity contribution in [2.45, 2.75) is 33.1 Å². The molecule has 2 aliphatic rings. The summed E-state index contributed by atoms with van der Waals surface area (Å²) in [6, 6.07) is 5.92. The molecule has 2 atom stereocenters. The van der Waals surface area contributed by atoms with E-state index in [1.165, 1.54) is 0 Å². The molecule has 2 aliphatic heterocycles. The van der Waals surface area contributed by atoms with Gasteiger partial charge in [-0.25, -0.2) is 0 Å². The summed E-state index contributed by atoms with van der Waals surface area (Å²) in [7, 11) is 0. The smallest absolute Gasteiger partial charge is 0.308 e. The predicted molar refractivity (Wildman–Crippen MR) is 93.3 cm³/mol. The molecule has 0 unspecified atom stereocenters. The molecule has 1 aromatic carbocycles. The second-order valence-electron chi connectivity index (χ2n) is 7.16. The molecule has 3 rings (SSSR count). The Bertz CT molecular complexity index is 715. The number of carbonyl (C=O) groups excluding carboxylic acids is 2. The Kier molecular flexibility index (Phi) is 4.79. The van der Waals surface area contributed by atoms with Gasteiger partial charge in [-0.05, 0) is 38.3 Å². The van der Waals surface area contributed by atoms with Crippen molar-refractivity contribution in [2.24, 2.45) is 11.8 Å². The van der Waals surface area contributed by atoms with Gasteiger partial charge in [-0.1, -0.05) is 17.7 Å². The van der Waals surface area contributed by atoms with Crippen molar-refractivity contribution >= 4 is 23.5 Å². The molecule has 0 saturated carbocycles. The molecule has 6 nitrogen and oxygen atoms in total. The first-order valence-corrected chi connectivity index (χ1v) is 8.76. The maximum Gasteiger partial charge on any atom is 0.308 e. The van der Waals surface area contributed by atoms with Crippen molar-refractivity contribution in [2.75, 3.05) is 24.5 Å². The van der Waals surface area contributed by atoms with Crippen LogP contribution in [0, 0.1) is 25.7 Å². The van der Waals surface area contributed by atoms with Crippen LogP contribution in [0.4, 0.5) is 5.69 Å². The number of rotatable bonds is 3. The molecule has 25 heavy (non-hydrogen) atoms. The van der Waals surface area contributed by atoms with E-state index in [1.807, 2.05) is 32.0 Å². The molecule has 0 spiro atoms. The van der Waals surface area contributed by atoms with Gasteiger partial charge in [0, 0.05) is 31.7 Å². The average molecular weight is 344 g/mol. The van der Waals surface area contributed by atoms with Crippen molar-refractivity contribution in [1.82, 2.24) is 4.90 Å². The molecule has 2 saturated heterocycles. The molecule has 0 bridgehead atoms. The van der Waals surface area contributed by atoms with Gasteiger partial charge in [-0.3, -0.25) is 14.4 Å². The van der Waals surface area contributed by atoms with Crippen molar-refractivity contribution in [3.05, 3.63) is 29.3 Å². The van der Waals surface area contributed by atoms with E-state index in [2.05, 4.69) is 0 Å². The lowest BCUT2D eigenvalue weighted by Gasteiger charge is -2.32. The SMILES string of the molecule is Cc1ccc(N2C[C@@H](C(=O)N3CCC[C@@H](C(=O)O)C3)CC2=O)c(C)c1. The number of benzene rings is 1. The van der Waals surface area contributed by atoms with Crippen LogP contribution in [0.2, 0.25) is 0 Å². The zero-order valence-corrected chi connectivity index (χ0v) is 14.7. The maximum atomic E-state index is 12.8. The third kappa shape index (κ3) is 3.52. The van der Waals surface area contributed by atoms with Gasteiger partial charge in [0.1, 0.15) is 0 Å². The van der Waals surface area contributed by atoms with Crippen molar-refractivity contribution in [3.8, 4) is 0 Å². The third-order valence-corrected chi connectivity index (χ3v) is 5.20. The molecule has 0 aromatic heterocycles. The highest BCUT2D eigenvalue weighted by Gasteiger charge is 2.39. The zero-order valence-electron chi connectivity index (χ0n) is 14.7. The largest absolute Gasteiger partial charge is 0.481 e. The Morgan fingerprint density at radius 2 is 1.92 bits per heavy atom. The van der Waals surface area contributed by atoms with Crippen LogP contribution in [0.3, 0.4) is 0 Å². The number of carboxylic acids is 1. The molecular formula is C19H24N2O4. The second kappa shape index (κ2) is 6.86. The van der Waals surface area contributed by atoms with E-state index in [0.29, 0.717) is 25.9 Å². The predicted octanol–water partition coefficient (Wildman–Crippen LogP) is 1.98. The van der Waals surface area contributed by atoms with E-state index in [0.717, 1.165) is 16.8 Å². The van der Waals surface area contributed by atoms with E-state index < -0.39 is 11.9 Å². The summed E-state index contributed by atoms with van der Waals surface area (Å²) >= 11 is 0. The number of likely N-dealkylation sites (tertiary alicyclic amines) is 1. The first-order chi connectivity index (χ1) is 11.9. The molecule has 2 heterocycles. The number of hydrogen-bond donors (Lipinski definition) is 1. The minimum Gasteiger partial charge on any atom is -0.481 e. The molecule has 0 aliphatic carbocycles. The molecule has 134 valence electrons. The summed E-state index contributed by atoms with van der Waals surface area (Å²) in [6.07, 6.45) is 1.50. The lowest BCUT2D eigenvalue weighted by Crippen LogP contribution is -2.45.